The number of para-hydroxylation sites is 1. The summed E-state index contributed by atoms with van der Waals surface area (Å²) in [6, 6.07) is 6.06. The van der Waals surface area contributed by atoms with Gasteiger partial charge in [0, 0.05) is 17.8 Å². The van der Waals surface area contributed by atoms with Gasteiger partial charge in [-0.05, 0) is 45.0 Å². The number of hydrogen-bond acceptors (Lipinski definition) is 5. The minimum atomic E-state index is -4.50. The van der Waals surface area contributed by atoms with Crippen molar-refractivity contribution in [3.05, 3.63) is 45.9 Å². The van der Waals surface area contributed by atoms with E-state index in [0.717, 1.165) is 30.3 Å². The van der Waals surface area contributed by atoms with Crippen molar-refractivity contribution in [2.45, 2.75) is 32.5 Å². The fraction of sp³-hybridized carbons (Fsp3) is 0.450. The fourth-order valence-corrected chi connectivity index (χ4v) is 3.97. The summed E-state index contributed by atoms with van der Waals surface area (Å²) in [6.07, 6.45) is -3.17. The smallest absolute Gasteiger partial charge is 0.343 e. The molecule has 0 spiro atoms. The lowest BCUT2D eigenvalue weighted by Crippen LogP contribution is -2.38. The minimum absolute atomic E-state index is 0.00596. The molecule has 1 aliphatic heterocycles. The number of piperidine rings is 1. The molecule has 30 heavy (non-hydrogen) atoms. The molecule has 0 aliphatic carbocycles. The van der Waals surface area contributed by atoms with Gasteiger partial charge in [-0.2, -0.15) is 13.2 Å². The van der Waals surface area contributed by atoms with E-state index in [-0.39, 0.29) is 23.1 Å². The van der Waals surface area contributed by atoms with Gasteiger partial charge < -0.3 is 10.6 Å². The molecule has 0 bridgehead atoms. The lowest BCUT2D eigenvalue weighted by molar-refractivity contribution is -0.123. The van der Waals surface area contributed by atoms with Gasteiger partial charge >= 0.3 is 6.18 Å². The Labute approximate surface area is 176 Å². The van der Waals surface area contributed by atoms with Crippen molar-refractivity contribution in [2.75, 3.05) is 25.0 Å². The van der Waals surface area contributed by atoms with Gasteiger partial charge in [0.15, 0.2) is 0 Å². The molecule has 1 aromatic carbocycles. The van der Waals surface area contributed by atoms with Gasteiger partial charge in [0.1, 0.15) is 6.54 Å². The second kappa shape index (κ2) is 9.57. The molecule has 2 aromatic rings. The van der Waals surface area contributed by atoms with Crippen molar-refractivity contribution in [3.8, 4) is 0 Å². The van der Waals surface area contributed by atoms with E-state index in [1.165, 1.54) is 18.2 Å². The molecular weight excluding hydrogens is 417 g/mol. The van der Waals surface area contributed by atoms with Crippen LogP contribution in [0.3, 0.4) is 0 Å². The number of hydrogen-bond donors (Lipinski definition) is 2. The highest BCUT2D eigenvalue weighted by atomic mass is 32.1. The summed E-state index contributed by atoms with van der Waals surface area (Å²) in [7, 11) is 0. The summed E-state index contributed by atoms with van der Waals surface area (Å²) in [5.74, 6) is -1.32. The number of likely N-dealkylation sites (tertiary alicyclic amines) is 1. The number of alkyl halides is 3. The first kappa shape index (κ1) is 22.2. The van der Waals surface area contributed by atoms with E-state index in [9.17, 15) is 22.8 Å². The molecule has 6 nitrogen and oxygen atoms in total. The van der Waals surface area contributed by atoms with Crippen molar-refractivity contribution in [2.24, 2.45) is 5.92 Å². The van der Waals surface area contributed by atoms with E-state index in [2.05, 4.69) is 15.2 Å². The average Bonchev–Trinajstić information content (AvgIpc) is 3.11. The first-order chi connectivity index (χ1) is 14.2. The Hall–Kier alpha value is -2.46. The minimum Gasteiger partial charge on any atom is -0.343 e. The highest BCUT2D eigenvalue weighted by molar-refractivity contribution is 7.09. The molecule has 0 saturated carbocycles. The topological polar surface area (TPSA) is 74.3 Å². The number of aromatic nitrogens is 1. The number of anilines is 1. The zero-order valence-electron chi connectivity index (χ0n) is 16.5. The highest BCUT2D eigenvalue weighted by Gasteiger charge is 2.29. The Morgan fingerprint density at radius 1 is 1.23 bits per heavy atom. The monoisotopic (exact) mass is 440 g/mol. The summed E-state index contributed by atoms with van der Waals surface area (Å²) in [4.78, 5) is 31.5. The predicted molar refractivity (Wildman–Crippen MR) is 108 cm³/mol. The summed E-state index contributed by atoms with van der Waals surface area (Å²) < 4.78 is 37.1. The molecule has 0 unspecified atom stereocenters. The van der Waals surface area contributed by atoms with Crippen molar-refractivity contribution >= 4 is 28.8 Å². The number of amides is 2. The molecule has 2 heterocycles. The summed E-state index contributed by atoms with van der Waals surface area (Å²) >= 11 is 1.61. The molecule has 0 atom stereocenters. The van der Waals surface area contributed by atoms with Gasteiger partial charge in [0.2, 0.25) is 5.91 Å². The summed E-state index contributed by atoms with van der Waals surface area (Å²) in [5.41, 5.74) is 1.24. The van der Waals surface area contributed by atoms with Gasteiger partial charge in [-0.1, -0.05) is 12.1 Å². The fourth-order valence-electron chi connectivity index (χ4n) is 3.36. The van der Waals surface area contributed by atoms with E-state index in [0.29, 0.717) is 12.8 Å². The molecule has 3 rings (SSSR count). The number of rotatable bonds is 6. The number of thiazole rings is 1. The second-order valence-corrected chi connectivity index (χ2v) is 8.30. The third kappa shape index (κ3) is 6.27. The van der Waals surface area contributed by atoms with Crippen LogP contribution in [0.5, 0.6) is 0 Å². The number of carbonyl (C=O) groups excluding carboxylic acids is 2. The van der Waals surface area contributed by atoms with Crippen LogP contribution in [0.1, 0.15) is 33.9 Å². The molecule has 162 valence electrons. The molecule has 1 saturated heterocycles. The number of nitrogens with zero attached hydrogens (tertiary/aromatic N) is 2. The number of nitrogens with one attached hydrogen (secondary N) is 2. The third-order valence-corrected chi connectivity index (χ3v) is 5.71. The first-order valence-corrected chi connectivity index (χ1v) is 10.5. The molecule has 10 heteroatoms. The van der Waals surface area contributed by atoms with Crippen LogP contribution in [-0.2, 0) is 11.3 Å². The maximum Gasteiger partial charge on any atom is 0.405 e. The van der Waals surface area contributed by atoms with Gasteiger partial charge in [0.05, 0.1) is 22.0 Å². The Kier molecular flexibility index (Phi) is 7.09. The van der Waals surface area contributed by atoms with Crippen molar-refractivity contribution in [1.29, 1.82) is 0 Å². The Morgan fingerprint density at radius 3 is 2.57 bits per heavy atom. The van der Waals surface area contributed by atoms with Crippen LogP contribution >= 0.6 is 11.3 Å². The van der Waals surface area contributed by atoms with Crippen LogP contribution in [0.15, 0.2) is 29.6 Å². The van der Waals surface area contributed by atoms with E-state index in [1.807, 2.05) is 17.6 Å². The molecule has 2 N–H and O–H groups in total. The zero-order valence-corrected chi connectivity index (χ0v) is 17.3. The van der Waals surface area contributed by atoms with Crippen LogP contribution < -0.4 is 10.6 Å². The van der Waals surface area contributed by atoms with E-state index in [1.54, 1.807) is 17.4 Å². The Balaban J connectivity index is 1.54. The van der Waals surface area contributed by atoms with E-state index < -0.39 is 18.6 Å². The maximum absolute atomic E-state index is 12.7. The molecule has 0 radical (unpaired) electrons. The number of benzene rings is 1. The molecule has 1 aromatic heterocycles. The Morgan fingerprint density at radius 2 is 1.93 bits per heavy atom. The number of carbonyl (C=O) groups is 2. The number of halogens is 3. The second-order valence-electron chi connectivity index (χ2n) is 7.24. The number of aryl methyl sites for hydroxylation is 1. The normalized spacial score (nSPS) is 15.7. The van der Waals surface area contributed by atoms with Crippen LogP contribution in [-0.4, -0.2) is 47.5 Å². The summed E-state index contributed by atoms with van der Waals surface area (Å²) in [6.45, 7) is 2.79. The van der Waals surface area contributed by atoms with E-state index >= 15 is 0 Å². The first-order valence-electron chi connectivity index (χ1n) is 9.59. The van der Waals surface area contributed by atoms with E-state index in [4.69, 9.17) is 0 Å². The summed E-state index contributed by atoms with van der Waals surface area (Å²) in [5, 5.41) is 7.61. The van der Waals surface area contributed by atoms with Crippen LogP contribution in [0, 0.1) is 12.8 Å². The third-order valence-electron chi connectivity index (χ3n) is 4.89. The maximum atomic E-state index is 12.7. The van der Waals surface area contributed by atoms with Crippen LogP contribution in [0.2, 0.25) is 0 Å². The van der Waals surface area contributed by atoms with Crippen molar-refractivity contribution in [3.63, 3.8) is 0 Å². The molecule has 1 aliphatic rings. The molecular formula is C20H23F3N4O2S. The standard InChI is InChI=1S/C20H23F3N4O2S/c1-13-25-15(11-30-13)10-27-8-6-14(7-9-27)18(28)26-17-5-3-2-4-16(17)19(29)24-12-20(21,22)23/h2-5,11,14H,6-10,12H2,1H3,(H,24,29)(H,26,28). The van der Waals surface area contributed by atoms with Gasteiger partial charge in [-0.25, -0.2) is 4.98 Å². The average molecular weight is 440 g/mol. The predicted octanol–water partition coefficient (Wildman–Crippen LogP) is 3.59. The molecule has 1 fully saturated rings. The SMILES string of the molecule is Cc1nc(CN2CCC(C(=O)Nc3ccccc3C(=O)NCC(F)(F)F)CC2)cs1. The quantitative estimate of drug-likeness (QED) is 0.720. The lowest BCUT2D eigenvalue weighted by atomic mass is 9.95. The van der Waals surface area contributed by atoms with Gasteiger partial charge in [0.25, 0.3) is 5.91 Å². The molecule has 2 amide bonds. The van der Waals surface area contributed by atoms with Crippen LogP contribution in [0.25, 0.3) is 0 Å². The van der Waals surface area contributed by atoms with Crippen LogP contribution in [0.4, 0.5) is 18.9 Å². The van der Waals surface area contributed by atoms with Gasteiger partial charge in [-0.15, -0.1) is 11.3 Å². The van der Waals surface area contributed by atoms with Crippen molar-refractivity contribution < 1.29 is 22.8 Å². The van der Waals surface area contributed by atoms with Crippen molar-refractivity contribution in [1.82, 2.24) is 15.2 Å². The highest BCUT2D eigenvalue weighted by Crippen LogP contribution is 2.23. The lowest BCUT2D eigenvalue weighted by Gasteiger charge is -2.30. The zero-order chi connectivity index (χ0) is 21.7. The van der Waals surface area contributed by atoms with Gasteiger partial charge in [-0.3, -0.25) is 14.5 Å². The largest absolute Gasteiger partial charge is 0.405 e. The Bertz CT molecular complexity index is 892.